The van der Waals surface area contributed by atoms with Gasteiger partial charge in [0.1, 0.15) is 5.92 Å². The number of rotatable bonds is 5. The predicted octanol–water partition coefficient (Wildman–Crippen LogP) is 1.91. The van der Waals surface area contributed by atoms with E-state index >= 15 is 0 Å². The van der Waals surface area contributed by atoms with Gasteiger partial charge in [-0.2, -0.15) is 5.26 Å². The Morgan fingerprint density at radius 1 is 1.21 bits per heavy atom. The lowest BCUT2D eigenvalue weighted by Gasteiger charge is -2.10. The van der Waals surface area contributed by atoms with E-state index in [1.807, 2.05) is 53.4 Å². The Morgan fingerprint density at radius 3 is 2.53 bits per heavy atom. The van der Waals surface area contributed by atoms with Crippen molar-refractivity contribution in [3.8, 4) is 6.07 Å². The lowest BCUT2D eigenvalue weighted by atomic mass is 10.00. The van der Waals surface area contributed by atoms with E-state index in [1.165, 1.54) is 0 Å². The zero-order valence-corrected chi connectivity index (χ0v) is 10.5. The van der Waals surface area contributed by atoms with E-state index in [1.54, 1.807) is 12.1 Å². The number of nitrogens with one attached hydrogen (secondary N) is 1. The van der Waals surface area contributed by atoms with Gasteiger partial charge in [-0.1, -0.05) is 30.3 Å². The van der Waals surface area contributed by atoms with Gasteiger partial charge in [0.05, 0.1) is 6.07 Å². The topological polar surface area (TPSA) is 57.8 Å². The van der Waals surface area contributed by atoms with Crippen molar-refractivity contribution >= 4 is 5.91 Å². The second-order valence-corrected chi connectivity index (χ2v) is 4.18. The SMILES string of the molecule is N#CC(C(=O)NCCn1cccc1)c1ccccc1. The van der Waals surface area contributed by atoms with E-state index in [0.717, 1.165) is 5.56 Å². The molecule has 1 unspecified atom stereocenters. The van der Waals surface area contributed by atoms with Gasteiger partial charge < -0.3 is 9.88 Å². The lowest BCUT2D eigenvalue weighted by Crippen LogP contribution is -2.31. The Hall–Kier alpha value is -2.54. The third-order valence-electron chi connectivity index (χ3n) is 2.86. The minimum absolute atomic E-state index is 0.249. The number of nitrogens with zero attached hydrogens (tertiary/aromatic N) is 2. The average molecular weight is 253 g/mol. The average Bonchev–Trinajstić information content (AvgIpc) is 2.94. The van der Waals surface area contributed by atoms with E-state index in [4.69, 9.17) is 5.26 Å². The highest BCUT2D eigenvalue weighted by Gasteiger charge is 2.18. The van der Waals surface area contributed by atoms with Crippen LogP contribution in [0.25, 0.3) is 0 Å². The Bertz CT molecular complexity index is 555. The maximum Gasteiger partial charge on any atom is 0.241 e. The molecule has 0 aliphatic carbocycles. The van der Waals surface area contributed by atoms with Crippen LogP contribution in [-0.2, 0) is 11.3 Å². The highest BCUT2D eigenvalue weighted by molar-refractivity contribution is 5.86. The van der Waals surface area contributed by atoms with Crippen molar-refractivity contribution in [2.75, 3.05) is 6.54 Å². The second kappa shape index (κ2) is 6.41. The van der Waals surface area contributed by atoms with Crippen LogP contribution in [0.1, 0.15) is 11.5 Å². The normalized spacial score (nSPS) is 11.5. The number of carbonyl (C=O) groups excluding carboxylic acids is 1. The molecule has 0 saturated carbocycles. The Kier molecular flexibility index (Phi) is 4.35. The molecule has 1 aromatic heterocycles. The molecular weight excluding hydrogens is 238 g/mol. The number of aromatic nitrogens is 1. The smallest absolute Gasteiger partial charge is 0.241 e. The van der Waals surface area contributed by atoms with Gasteiger partial charge in [-0.05, 0) is 17.7 Å². The van der Waals surface area contributed by atoms with Crippen LogP contribution in [0.2, 0.25) is 0 Å². The van der Waals surface area contributed by atoms with Gasteiger partial charge >= 0.3 is 0 Å². The molecule has 4 heteroatoms. The molecular formula is C15H15N3O. The summed E-state index contributed by atoms with van der Waals surface area (Å²) < 4.78 is 1.98. The summed E-state index contributed by atoms with van der Waals surface area (Å²) >= 11 is 0. The van der Waals surface area contributed by atoms with E-state index in [2.05, 4.69) is 5.32 Å². The maximum atomic E-state index is 12.0. The Balaban J connectivity index is 1.89. The summed E-state index contributed by atoms with van der Waals surface area (Å²) in [6, 6.07) is 15.0. The van der Waals surface area contributed by atoms with Crippen molar-refractivity contribution in [2.45, 2.75) is 12.5 Å². The molecule has 1 aromatic carbocycles. The first-order valence-electron chi connectivity index (χ1n) is 6.14. The second-order valence-electron chi connectivity index (χ2n) is 4.18. The fraction of sp³-hybridized carbons (Fsp3) is 0.200. The minimum atomic E-state index is -0.745. The highest BCUT2D eigenvalue weighted by Crippen LogP contribution is 2.14. The number of carbonyl (C=O) groups is 1. The largest absolute Gasteiger partial charge is 0.353 e. The van der Waals surface area contributed by atoms with Gasteiger partial charge in [0.2, 0.25) is 5.91 Å². The molecule has 1 atom stereocenters. The molecule has 2 rings (SSSR count). The quantitative estimate of drug-likeness (QED) is 0.885. The molecule has 0 bridgehead atoms. The monoisotopic (exact) mass is 253 g/mol. The summed E-state index contributed by atoms with van der Waals surface area (Å²) in [6.07, 6.45) is 3.87. The molecule has 96 valence electrons. The van der Waals surface area contributed by atoms with Crippen LogP contribution in [-0.4, -0.2) is 17.0 Å². The molecule has 1 amide bonds. The fourth-order valence-electron chi connectivity index (χ4n) is 1.86. The zero-order chi connectivity index (χ0) is 13.5. The fourth-order valence-corrected chi connectivity index (χ4v) is 1.86. The molecule has 19 heavy (non-hydrogen) atoms. The molecule has 1 N–H and O–H groups in total. The summed E-state index contributed by atoms with van der Waals surface area (Å²) in [7, 11) is 0. The van der Waals surface area contributed by atoms with Crippen LogP contribution >= 0.6 is 0 Å². The third kappa shape index (κ3) is 3.46. The van der Waals surface area contributed by atoms with Crippen LogP contribution in [0, 0.1) is 11.3 Å². The van der Waals surface area contributed by atoms with Crippen molar-refractivity contribution in [1.82, 2.24) is 9.88 Å². The Labute approximate surface area is 112 Å². The minimum Gasteiger partial charge on any atom is -0.353 e. The molecule has 0 aliphatic heterocycles. The van der Waals surface area contributed by atoms with E-state index in [9.17, 15) is 4.79 Å². The van der Waals surface area contributed by atoms with Crippen LogP contribution in [0.5, 0.6) is 0 Å². The van der Waals surface area contributed by atoms with Crippen LogP contribution in [0.3, 0.4) is 0 Å². The molecule has 0 spiro atoms. The molecule has 4 nitrogen and oxygen atoms in total. The lowest BCUT2D eigenvalue weighted by molar-refractivity contribution is -0.121. The summed E-state index contributed by atoms with van der Waals surface area (Å²) in [5, 5.41) is 11.9. The van der Waals surface area contributed by atoms with Crippen LogP contribution < -0.4 is 5.32 Å². The molecule has 2 aromatic rings. The van der Waals surface area contributed by atoms with E-state index in [-0.39, 0.29) is 5.91 Å². The van der Waals surface area contributed by atoms with Gasteiger partial charge in [-0.15, -0.1) is 0 Å². The van der Waals surface area contributed by atoms with Crippen molar-refractivity contribution in [3.63, 3.8) is 0 Å². The van der Waals surface area contributed by atoms with Gasteiger partial charge in [0, 0.05) is 25.5 Å². The summed E-state index contributed by atoms with van der Waals surface area (Å²) in [5.41, 5.74) is 0.725. The first-order chi connectivity index (χ1) is 9.31. The Morgan fingerprint density at radius 2 is 1.89 bits per heavy atom. The first-order valence-corrected chi connectivity index (χ1v) is 6.14. The highest BCUT2D eigenvalue weighted by atomic mass is 16.1. The van der Waals surface area contributed by atoms with Crippen molar-refractivity contribution in [3.05, 3.63) is 60.4 Å². The van der Waals surface area contributed by atoms with Crippen molar-refractivity contribution < 1.29 is 4.79 Å². The predicted molar refractivity (Wildman–Crippen MR) is 72.2 cm³/mol. The third-order valence-corrected chi connectivity index (χ3v) is 2.86. The first kappa shape index (κ1) is 12.9. The number of hydrogen-bond donors (Lipinski definition) is 1. The summed E-state index contributed by atoms with van der Waals surface area (Å²) in [5.74, 6) is -0.994. The van der Waals surface area contributed by atoms with Crippen LogP contribution in [0.4, 0.5) is 0 Å². The standard InChI is InChI=1S/C15H15N3O/c16-12-14(13-6-2-1-3-7-13)15(19)17-8-11-18-9-4-5-10-18/h1-7,9-10,14H,8,11H2,(H,17,19). The van der Waals surface area contributed by atoms with Crippen molar-refractivity contribution in [2.24, 2.45) is 0 Å². The van der Waals surface area contributed by atoms with E-state index in [0.29, 0.717) is 13.1 Å². The van der Waals surface area contributed by atoms with Gasteiger partial charge in [-0.25, -0.2) is 0 Å². The maximum absolute atomic E-state index is 12.0. The van der Waals surface area contributed by atoms with Crippen LogP contribution in [0.15, 0.2) is 54.9 Å². The van der Waals surface area contributed by atoms with Gasteiger partial charge in [0.15, 0.2) is 0 Å². The van der Waals surface area contributed by atoms with Gasteiger partial charge in [0.25, 0.3) is 0 Å². The van der Waals surface area contributed by atoms with Crippen molar-refractivity contribution in [1.29, 1.82) is 5.26 Å². The number of amides is 1. The number of benzene rings is 1. The summed E-state index contributed by atoms with van der Waals surface area (Å²) in [4.78, 5) is 12.0. The van der Waals surface area contributed by atoms with Gasteiger partial charge in [-0.3, -0.25) is 4.79 Å². The van der Waals surface area contributed by atoms with E-state index < -0.39 is 5.92 Å². The number of nitriles is 1. The molecule has 1 heterocycles. The zero-order valence-electron chi connectivity index (χ0n) is 10.5. The molecule has 0 fully saturated rings. The number of hydrogen-bond acceptors (Lipinski definition) is 2. The molecule has 0 aliphatic rings. The summed E-state index contributed by atoms with van der Waals surface area (Å²) in [6.45, 7) is 1.21. The molecule has 0 radical (unpaired) electrons. The molecule has 0 saturated heterocycles.